The van der Waals surface area contributed by atoms with Crippen LogP contribution in [0.5, 0.6) is 5.75 Å². The third kappa shape index (κ3) is 3.83. The lowest BCUT2D eigenvalue weighted by Gasteiger charge is -2.26. The number of fused-ring (bicyclic) bond motifs is 1. The van der Waals surface area contributed by atoms with Crippen molar-refractivity contribution in [3.05, 3.63) is 41.5 Å². The smallest absolute Gasteiger partial charge is 0.272 e. The molecule has 4 rings (SSSR count). The maximum Gasteiger partial charge on any atom is 0.272 e. The molecule has 1 aromatic carbocycles. The van der Waals surface area contributed by atoms with Crippen molar-refractivity contribution in [2.75, 3.05) is 46.5 Å². The molecule has 0 radical (unpaired) electrons. The van der Waals surface area contributed by atoms with Gasteiger partial charge in [-0.15, -0.1) is 11.3 Å². The predicted molar refractivity (Wildman–Crippen MR) is 105 cm³/mol. The Morgan fingerprint density at radius 2 is 2.22 bits per heavy atom. The van der Waals surface area contributed by atoms with Gasteiger partial charge in [0, 0.05) is 43.3 Å². The minimum Gasteiger partial charge on any atom is -0.497 e. The summed E-state index contributed by atoms with van der Waals surface area (Å²) in [6, 6.07) is 7.69. The molecule has 0 bridgehead atoms. The summed E-state index contributed by atoms with van der Waals surface area (Å²) in [6.45, 7) is 4.72. The largest absolute Gasteiger partial charge is 0.497 e. The van der Waals surface area contributed by atoms with E-state index in [0.29, 0.717) is 12.2 Å². The summed E-state index contributed by atoms with van der Waals surface area (Å²) in [6.07, 6.45) is 1.94. The highest BCUT2D eigenvalue weighted by molar-refractivity contribution is 7.15. The first-order valence-corrected chi connectivity index (χ1v) is 9.82. The lowest BCUT2D eigenvalue weighted by atomic mass is 10.1. The molecule has 0 atom stereocenters. The van der Waals surface area contributed by atoms with Crippen molar-refractivity contribution in [1.82, 2.24) is 19.6 Å². The number of imidazole rings is 1. The number of morpholine rings is 1. The minimum atomic E-state index is -0.156. The zero-order valence-corrected chi connectivity index (χ0v) is 16.0. The lowest BCUT2D eigenvalue weighted by Crippen LogP contribution is -2.41. The second-order valence-electron chi connectivity index (χ2n) is 6.31. The number of methoxy groups -OCH3 is 1. The third-order valence-electron chi connectivity index (χ3n) is 4.64. The Bertz CT molecular complexity index is 930. The van der Waals surface area contributed by atoms with Crippen molar-refractivity contribution in [1.29, 1.82) is 0 Å². The molecule has 8 heteroatoms. The highest BCUT2D eigenvalue weighted by Gasteiger charge is 2.21. The average Bonchev–Trinajstić information content (AvgIpc) is 3.30. The van der Waals surface area contributed by atoms with E-state index in [4.69, 9.17) is 9.47 Å². The van der Waals surface area contributed by atoms with Gasteiger partial charge in [-0.2, -0.15) is 0 Å². The second-order valence-corrected chi connectivity index (χ2v) is 7.18. The number of thiazole rings is 1. The van der Waals surface area contributed by atoms with Crippen molar-refractivity contribution in [3.63, 3.8) is 0 Å². The maximum atomic E-state index is 12.8. The monoisotopic (exact) mass is 386 g/mol. The summed E-state index contributed by atoms with van der Waals surface area (Å²) in [5.74, 6) is 0.591. The molecular formula is C19H22N4O3S. The summed E-state index contributed by atoms with van der Waals surface area (Å²) < 4.78 is 12.6. The molecule has 1 N–H and O–H groups in total. The molecule has 7 nitrogen and oxygen atoms in total. The van der Waals surface area contributed by atoms with Gasteiger partial charge in [-0.05, 0) is 12.1 Å². The SMILES string of the molecule is COc1cccc(-c2c(C(=O)NCCN3CCOCC3)nc3sccn23)c1. The summed E-state index contributed by atoms with van der Waals surface area (Å²) in [5, 5.41) is 4.98. The van der Waals surface area contributed by atoms with Gasteiger partial charge in [0.1, 0.15) is 5.75 Å². The fourth-order valence-electron chi connectivity index (χ4n) is 3.23. The Morgan fingerprint density at radius 3 is 3.04 bits per heavy atom. The van der Waals surface area contributed by atoms with Gasteiger partial charge in [0.2, 0.25) is 0 Å². The molecule has 0 spiro atoms. The van der Waals surface area contributed by atoms with Crippen molar-refractivity contribution in [2.24, 2.45) is 0 Å². The maximum absolute atomic E-state index is 12.8. The molecule has 1 amide bonds. The molecule has 0 saturated carbocycles. The molecule has 3 aromatic rings. The number of carbonyl (C=O) groups excluding carboxylic acids is 1. The normalized spacial score (nSPS) is 15.1. The zero-order chi connectivity index (χ0) is 18.6. The lowest BCUT2D eigenvalue weighted by molar-refractivity contribution is 0.0383. The summed E-state index contributed by atoms with van der Waals surface area (Å²) in [5.41, 5.74) is 2.13. The van der Waals surface area contributed by atoms with Crippen molar-refractivity contribution in [3.8, 4) is 17.0 Å². The van der Waals surface area contributed by atoms with Crippen LogP contribution >= 0.6 is 11.3 Å². The summed E-state index contributed by atoms with van der Waals surface area (Å²) in [7, 11) is 1.63. The Labute approximate surface area is 161 Å². The molecule has 1 saturated heterocycles. The van der Waals surface area contributed by atoms with Gasteiger partial charge in [0.05, 0.1) is 26.0 Å². The Balaban J connectivity index is 1.55. The molecule has 0 aliphatic carbocycles. The fraction of sp³-hybridized carbons (Fsp3) is 0.368. The number of rotatable bonds is 6. The highest BCUT2D eigenvalue weighted by Crippen LogP contribution is 2.29. The predicted octanol–water partition coefficient (Wildman–Crippen LogP) is 2.13. The first-order valence-electron chi connectivity index (χ1n) is 8.94. The van der Waals surface area contributed by atoms with Crippen LogP contribution in [0.25, 0.3) is 16.2 Å². The Hall–Kier alpha value is -2.42. The standard InChI is InChI=1S/C19H22N4O3S/c1-25-15-4-2-3-14(13-15)17-16(21-19-23(17)9-12-27-19)18(24)20-5-6-22-7-10-26-11-8-22/h2-4,9,12-13H,5-8,10-11H2,1H3,(H,20,24). The number of amides is 1. The van der Waals surface area contributed by atoms with Gasteiger partial charge in [0.25, 0.3) is 5.91 Å². The van der Waals surface area contributed by atoms with E-state index in [0.717, 1.165) is 54.8 Å². The summed E-state index contributed by atoms with van der Waals surface area (Å²) >= 11 is 1.51. The van der Waals surface area contributed by atoms with Crippen LogP contribution in [-0.2, 0) is 4.74 Å². The van der Waals surface area contributed by atoms with Crippen molar-refractivity contribution in [2.45, 2.75) is 0 Å². The van der Waals surface area contributed by atoms with Crippen LogP contribution in [0.4, 0.5) is 0 Å². The second kappa shape index (κ2) is 8.08. The van der Waals surface area contributed by atoms with E-state index in [9.17, 15) is 4.79 Å². The van der Waals surface area contributed by atoms with Crippen LogP contribution in [0.2, 0.25) is 0 Å². The van der Waals surface area contributed by atoms with Crippen LogP contribution in [-0.4, -0.2) is 66.7 Å². The zero-order valence-electron chi connectivity index (χ0n) is 15.2. The Morgan fingerprint density at radius 1 is 1.37 bits per heavy atom. The third-order valence-corrected chi connectivity index (χ3v) is 5.39. The number of carbonyl (C=O) groups is 1. The molecular weight excluding hydrogens is 364 g/mol. The van der Waals surface area contributed by atoms with Crippen molar-refractivity contribution >= 4 is 22.2 Å². The number of hydrogen-bond acceptors (Lipinski definition) is 6. The fourth-order valence-corrected chi connectivity index (χ4v) is 3.94. The molecule has 3 heterocycles. The van der Waals surface area contributed by atoms with E-state index < -0.39 is 0 Å². The molecule has 1 fully saturated rings. The number of nitrogens with one attached hydrogen (secondary N) is 1. The van der Waals surface area contributed by atoms with E-state index >= 15 is 0 Å². The van der Waals surface area contributed by atoms with Crippen LogP contribution < -0.4 is 10.1 Å². The van der Waals surface area contributed by atoms with Crippen LogP contribution in [0.1, 0.15) is 10.5 Å². The molecule has 1 aliphatic heterocycles. The highest BCUT2D eigenvalue weighted by atomic mass is 32.1. The van der Waals surface area contributed by atoms with Crippen LogP contribution in [0.3, 0.4) is 0 Å². The van der Waals surface area contributed by atoms with Gasteiger partial charge in [-0.3, -0.25) is 14.1 Å². The quantitative estimate of drug-likeness (QED) is 0.703. The van der Waals surface area contributed by atoms with Gasteiger partial charge in [0.15, 0.2) is 10.7 Å². The van der Waals surface area contributed by atoms with E-state index in [1.807, 2.05) is 40.2 Å². The number of hydrogen-bond donors (Lipinski definition) is 1. The first-order chi connectivity index (χ1) is 13.3. The first kappa shape index (κ1) is 18.0. The Kier molecular flexibility index (Phi) is 5.38. The van der Waals surface area contributed by atoms with Gasteiger partial charge < -0.3 is 14.8 Å². The molecule has 2 aromatic heterocycles. The van der Waals surface area contributed by atoms with E-state index in [1.165, 1.54) is 11.3 Å². The molecule has 142 valence electrons. The molecule has 0 unspecified atom stereocenters. The van der Waals surface area contributed by atoms with Gasteiger partial charge in [-0.25, -0.2) is 4.98 Å². The number of aromatic nitrogens is 2. The number of ether oxygens (including phenoxy) is 2. The van der Waals surface area contributed by atoms with Crippen molar-refractivity contribution < 1.29 is 14.3 Å². The van der Waals surface area contributed by atoms with E-state index in [1.54, 1.807) is 7.11 Å². The number of benzene rings is 1. The van der Waals surface area contributed by atoms with Crippen LogP contribution in [0, 0.1) is 0 Å². The van der Waals surface area contributed by atoms with E-state index in [2.05, 4.69) is 15.2 Å². The molecule has 1 aliphatic rings. The summed E-state index contributed by atoms with van der Waals surface area (Å²) in [4.78, 5) is 20.5. The van der Waals surface area contributed by atoms with Crippen LogP contribution in [0.15, 0.2) is 35.8 Å². The van der Waals surface area contributed by atoms with E-state index in [-0.39, 0.29) is 5.91 Å². The van der Waals surface area contributed by atoms with Gasteiger partial charge in [-0.1, -0.05) is 12.1 Å². The number of nitrogens with zero attached hydrogens (tertiary/aromatic N) is 3. The topological polar surface area (TPSA) is 68.1 Å². The average molecular weight is 386 g/mol. The molecule has 27 heavy (non-hydrogen) atoms. The minimum absolute atomic E-state index is 0.156. The van der Waals surface area contributed by atoms with Gasteiger partial charge >= 0.3 is 0 Å².